The van der Waals surface area contributed by atoms with Crippen LogP contribution in [0.3, 0.4) is 0 Å². The number of ether oxygens (including phenoxy) is 1. The van der Waals surface area contributed by atoms with Gasteiger partial charge in [0.15, 0.2) is 0 Å². The number of ketones is 1. The van der Waals surface area contributed by atoms with Crippen molar-refractivity contribution < 1.29 is 35.9 Å². The van der Waals surface area contributed by atoms with Gasteiger partial charge in [-0.15, -0.1) is 13.2 Å². The molecule has 10 heteroatoms. The predicted octanol–water partition coefficient (Wildman–Crippen LogP) is 4.70. The number of thioether (sulfide) groups is 1. The minimum Gasteiger partial charge on any atom is -0.405 e. The number of alkyl halides is 7. The Bertz CT molecular complexity index is 514. The molecule has 2 nitrogen and oxygen atoms in total. The van der Waals surface area contributed by atoms with Gasteiger partial charge in [-0.1, -0.05) is 15.9 Å². The van der Waals surface area contributed by atoms with Gasteiger partial charge in [0.1, 0.15) is 11.5 Å². The Balaban J connectivity index is 3.10. The summed E-state index contributed by atoms with van der Waals surface area (Å²) in [7, 11) is 0. The molecule has 1 aromatic rings. The lowest BCUT2D eigenvalue weighted by Gasteiger charge is -2.14. The molecule has 0 saturated carbocycles. The minimum absolute atomic E-state index is 0.130. The van der Waals surface area contributed by atoms with Crippen LogP contribution in [0.4, 0.5) is 26.3 Å². The highest BCUT2D eigenvalue weighted by Crippen LogP contribution is 2.39. The van der Waals surface area contributed by atoms with Crippen LogP contribution in [-0.2, 0) is 11.2 Å². The highest BCUT2D eigenvalue weighted by Gasteiger charge is 2.33. The molecule has 1 rings (SSSR count). The first-order valence-electron chi connectivity index (χ1n) is 5.22. The molecule has 0 aromatic heterocycles. The molecule has 0 unspecified atom stereocenters. The summed E-state index contributed by atoms with van der Waals surface area (Å²) in [6.45, 7) is 0. The SMILES string of the molecule is O=C(CBr)Cc1cc(SC(F)(F)F)ccc1OC(F)(F)F. The molecule has 0 N–H and O–H groups in total. The fourth-order valence-corrected chi connectivity index (χ4v) is 2.18. The van der Waals surface area contributed by atoms with Gasteiger partial charge in [0.2, 0.25) is 0 Å². The first kappa shape index (κ1) is 18.1. The minimum atomic E-state index is -5.00. The lowest BCUT2D eigenvalue weighted by molar-refractivity contribution is -0.274. The molecule has 0 spiro atoms. The molecule has 0 heterocycles. The van der Waals surface area contributed by atoms with Crippen LogP contribution in [-0.4, -0.2) is 23.0 Å². The van der Waals surface area contributed by atoms with Gasteiger partial charge in [0, 0.05) is 16.9 Å². The average Bonchev–Trinajstić information content (AvgIpc) is 2.28. The van der Waals surface area contributed by atoms with Crippen LogP contribution in [0.2, 0.25) is 0 Å². The zero-order chi connectivity index (χ0) is 16.3. The Morgan fingerprint density at radius 3 is 2.29 bits per heavy atom. The fraction of sp³-hybridized carbons (Fsp3) is 0.364. The first-order valence-corrected chi connectivity index (χ1v) is 7.16. The normalized spacial score (nSPS) is 12.3. The van der Waals surface area contributed by atoms with Crippen LogP contribution in [0.1, 0.15) is 5.56 Å². The number of carbonyl (C=O) groups is 1. The molecule has 0 saturated heterocycles. The molecule has 1 aromatic carbocycles. The molecule has 0 aliphatic carbocycles. The van der Waals surface area contributed by atoms with Crippen molar-refractivity contribution in [1.82, 2.24) is 0 Å². The van der Waals surface area contributed by atoms with Gasteiger partial charge in [0.05, 0.1) is 5.33 Å². The van der Waals surface area contributed by atoms with Gasteiger partial charge < -0.3 is 4.74 Å². The van der Waals surface area contributed by atoms with Crippen molar-refractivity contribution in [3.8, 4) is 5.75 Å². The summed E-state index contributed by atoms with van der Waals surface area (Å²) < 4.78 is 77.1. The van der Waals surface area contributed by atoms with E-state index in [1.807, 2.05) is 0 Å². The second kappa shape index (κ2) is 6.91. The van der Waals surface area contributed by atoms with Crippen LogP contribution in [0.25, 0.3) is 0 Å². The van der Waals surface area contributed by atoms with Gasteiger partial charge in [-0.05, 0) is 30.0 Å². The summed E-state index contributed by atoms with van der Waals surface area (Å²) in [5, 5.41) is -0.130. The highest BCUT2D eigenvalue weighted by atomic mass is 79.9. The summed E-state index contributed by atoms with van der Waals surface area (Å²) in [5.41, 5.74) is -4.84. The summed E-state index contributed by atoms with van der Waals surface area (Å²) in [6.07, 6.45) is -5.46. The smallest absolute Gasteiger partial charge is 0.405 e. The Labute approximate surface area is 128 Å². The van der Waals surface area contributed by atoms with Crippen LogP contribution >= 0.6 is 27.7 Å². The van der Waals surface area contributed by atoms with Gasteiger partial charge in [-0.2, -0.15) is 13.2 Å². The molecule has 0 bridgehead atoms. The number of rotatable bonds is 5. The van der Waals surface area contributed by atoms with Crippen molar-refractivity contribution in [3.05, 3.63) is 23.8 Å². The Morgan fingerprint density at radius 1 is 1.19 bits per heavy atom. The quantitative estimate of drug-likeness (QED) is 0.409. The molecular formula is C11H7BrF6O2S. The third-order valence-corrected chi connectivity index (χ3v) is 3.37. The van der Waals surface area contributed by atoms with E-state index in [9.17, 15) is 31.1 Å². The lowest BCUT2D eigenvalue weighted by Crippen LogP contribution is -2.19. The van der Waals surface area contributed by atoms with E-state index in [-0.39, 0.29) is 15.8 Å². The van der Waals surface area contributed by atoms with Crippen molar-refractivity contribution in [2.75, 3.05) is 5.33 Å². The van der Waals surface area contributed by atoms with Gasteiger partial charge in [-0.3, -0.25) is 4.79 Å². The molecule has 0 amide bonds. The van der Waals surface area contributed by atoms with Gasteiger partial charge in [-0.25, -0.2) is 0 Å². The molecular weight excluding hydrogens is 390 g/mol. The van der Waals surface area contributed by atoms with E-state index in [2.05, 4.69) is 20.7 Å². The van der Waals surface area contributed by atoms with Crippen molar-refractivity contribution in [2.45, 2.75) is 23.2 Å². The number of halogens is 7. The van der Waals surface area contributed by atoms with E-state index >= 15 is 0 Å². The number of carbonyl (C=O) groups excluding carboxylic acids is 1. The Hall–Kier alpha value is -0.900. The van der Waals surface area contributed by atoms with Crippen molar-refractivity contribution in [1.29, 1.82) is 0 Å². The summed E-state index contributed by atoms with van der Waals surface area (Å²) in [4.78, 5) is 11.0. The topological polar surface area (TPSA) is 26.3 Å². The molecule has 0 atom stereocenters. The Kier molecular flexibility index (Phi) is 5.97. The standard InChI is InChI=1S/C11H7BrF6O2S/c12-5-7(19)3-6-4-8(21-11(16,17)18)1-2-9(6)20-10(13,14)15/h1-2,4H,3,5H2. The van der Waals surface area contributed by atoms with E-state index in [0.29, 0.717) is 0 Å². The van der Waals surface area contributed by atoms with E-state index in [1.165, 1.54) is 0 Å². The van der Waals surface area contributed by atoms with Crippen molar-refractivity contribution in [2.24, 2.45) is 0 Å². The average molecular weight is 397 g/mol. The summed E-state index contributed by atoms with van der Waals surface area (Å²) in [6, 6.07) is 2.47. The maximum absolute atomic E-state index is 12.3. The second-order valence-electron chi connectivity index (χ2n) is 3.71. The zero-order valence-corrected chi connectivity index (χ0v) is 12.4. The van der Waals surface area contributed by atoms with E-state index < -0.39 is 41.6 Å². The van der Waals surface area contributed by atoms with Gasteiger partial charge in [0.25, 0.3) is 0 Å². The third kappa shape index (κ3) is 7.07. The van der Waals surface area contributed by atoms with Crippen LogP contribution in [0, 0.1) is 0 Å². The van der Waals surface area contributed by atoms with Crippen LogP contribution < -0.4 is 4.74 Å². The fourth-order valence-electron chi connectivity index (χ4n) is 1.37. The monoisotopic (exact) mass is 396 g/mol. The molecule has 21 heavy (non-hydrogen) atoms. The molecule has 0 radical (unpaired) electrons. The van der Waals surface area contributed by atoms with Crippen LogP contribution in [0.15, 0.2) is 23.1 Å². The second-order valence-corrected chi connectivity index (χ2v) is 5.41. The maximum Gasteiger partial charge on any atom is 0.573 e. The number of benzene rings is 1. The molecule has 0 aliphatic heterocycles. The van der Waals surface area contributed by atoms with Gasteiger partial charge >= 0.3 is 11.9 Å². The molecule has 0 fully saturated rings. The highest BCUT2D eigenvalue weighted by molar-refractivity contribution is 9.09. The number of hydrogen-bond donors (Lipinski definition) is 0. The first-order chi connectivity index (χ1) is 9.50. The Morgan fingerprint density at radius 2 is 1.81 bits per heavy atom. The number of hydrogen-bond acceptors (Lipinski definition) is 3. The largest absolute Gasteiger partial charge is 0.573 e. The zero-order valence-electron chi connectivity index (χ0n) is 10.0. The maximum atomic E-state index is 12.3. The summed E-state index contributed by atoms with van der Waals surface area (Å²) >= 11 is 2.34. The van der Waals surface area contributed by atoms with E-state index in [4.69, 9.17) is 0 Å². The third-order valence-electron chi connectivity index (χ3n) is 2.03. The molecule has 0 aliphatic rings. The van der Waals surface area contributed by atoms with E-state index in [1.54, 1.807) is 0 Å². The predicted molar refractivity (Wildman–Crippen MR) is 67.5 cm³/mol. The van der Waals surface area contributed by atoms with Crippen molar-refractivity contribution >= 4 is 33.5 Å². The molecule has 118 valence electrons. The van der Waals surface area contributed by atoms with Crippen LogP contribution in [0.5, 0.6) is 5.75 Å². The number of Topliss-reactive ketones (excluding diaryl/α,β-unsaturated/α-hetero) is 1. The lowest BCUT2D eigenvalue weighted by atomic mass is 10.1. The summed E-state index contributed by atoms with van der Waals surface area (Å²) in [5.74, 6) is -1.18. The van der Waals surface area contributed by atoms with E-state index in [0.717, 1.165) is 18.2 Å². The van der Waals surface area contributed by atoms with Crippen molar-refractivity contribution in [3.63, 3.8) is 0 Å².